The van der Waals surface area contributed by atoms with Crippen molar-refractivity contribution in [2.24, 2.45) is 0 Å². The number of carbonyl (C=O) groups excluding carboxylic acids is 1. The minimum absolute atomic E-state index is 0.182. The lowest BCUT2D eigenvalue weighted by Gasteiger charge is -2.03. The summed E-state index contributed by atoms with van der Waals surface area (Å²) in [4.78, 5) is 18.9. The van der Waals surface area contributed by atoms with E-state index in [2.05, 4.69) is 30.6 Å². The molecule has 0 radical (unpaired) electrons. The van der Waals surface area contributed by atoms with Crippen LogP contribution in [0.3, 0.4) is 0 Å². The molecule has 5 nitrogen and oxygen atoms in total. The summed E-state index contributed by atoms with van der Waals surface area (Å²) in [7, 11) is 2.85. The van der Waals surface area contributed by atoms with Gasteiger partial charge in [-0.15, -0.1) is 0 Å². The zero-order valence-electron chi connectivity index (χ0n) is 8.19. The predicted octanol–water partition coefficient (Wildman–Crippen LogP) is 1.51. The molecule has 0 fully saturated rings. The van der Waals surface area contributed by atoms with Crippen LogP contribution >= 0.6 is 27.7 Å². The number of hydrogen-bond acceptors (Lipinski definition) is 6. The molecule has 0 unspecified atom stereocenters. The van der Waals surface area contributed by atoms with E-state index in [0.29, 0.717) is 15.5 Å². The Kier molecular flexibility index (Phi) is 4.83. The fraction of sp³-hybridized carbons (Fsp3) is 0.375. The summed E-state index contributed by atoms with van der Waals surface area (Å²) in [5, 5.41) is 0.473. The van der Waals surface area contributed by atoms with Gasteiger partial charge in [0.1, 0.15) is 0 Å². The lowest BCUT2D eigenvalue weighted by Crippen LogP contribution is -2.04. The molecule has 0 spiro atoms. The Labute approximate surface area is 99.7 Å². The van der Waals surface area contributed by atoms with Gasteiger partial charge in [-0.25, -0.2) is 4.98 Å². The molecule has 1 heterocycles. The number of rotatable bonds is 4. The topological polar surface area (TPSA) is 61.3 Å². The lowest BCUT2D eigenvalue weighted by molar-refractivity contribution is -0.137. The molecule has 82 valence electrons. The number of aromatic nitrogens is 2. The van der Waals surface area contributed by atoms with Crippen molar-refractivity contribution in [1.29, 1.82) is 0 Å². The fourth-order valence-corrected chi connectivity index (χ4v) is 1.72. The van der Waals surface area contributed by atoms with Crippen molar-refractivity contribution in [3.05, 3.63) is 10.7 Å². The predicted molar refractivity (Wildman–Crippen MR) is 59.0 cm³/mol. The molecule has 0 saturated carbocycles. The maximum atomic E-state index is 10.9. The van der Waals surface area contributed by atoms with E-state index in [1.807, 2.05) is 0 Å². The summed E-state index contributed by atoms with van der Waals surface area (Å²) in [6, 6.07) is 0. The van der Waals surface area contributed by atoms with Crippen LogP contribution in [0.1, 0.15) is 0 Å². The first-order chi connectivity index (χ1) is 7.17. The van der Waals surface area contributed by atoms with Crippen molar-refractivity contribution < 1.29 is 14.3 Å². The minimum Gasteiger partial charge on any atom is -0.480 e. The molecule has 0 N–H and O–H groups in total. The van der Waals surface area contributed by atoms with Crippen molar-refractivity contribution in [3.8, 4) is 5.88 Å². The molecule has 1 aromatic heterocycles. The van der Waals surface area contributed by atoms with E-state index < -0.39 is 0 Å². The Bertz CT molecular complexity index is 362. The van der Waals surface area contributed by atoms with Gasteiger partial charge in [0.15, 0.2) is 5.16 Å². The molecule has 1 rings (SSSR count). The second kappa shape index (κ2) is 5.92. The summed E-state index contributed by atoms with van der Waals surface area (Å²) < 4.78 is 10.2. The summed E-state index contributed by atoms with van der Waals surface area (Å²) in [6.07, 6.45) is 1.57. The van der Waals surface area contributed by atoms with Crippen molar-refractivity contribution in [2.75, 3.05) is 20.0 Å². The molecular weight excluding hydrogens is 284 g/mol. The monoisotopic (exact) mass is 292 g/mol. The first kappa shape index (κ1) is 12.3. The molecule has 0 aliphatic carbocycles. The zero-order valence-corrected chi connectivity index (χ0v) is 10.6. The van der Waals surface area contributed by atoms with Crippen LogP contribution in [0.4, 0.5) is 0 Å². The molecule has 1 aromatic rings. The molecule has 0 bridgehead atoms. The van der Waals surface area contributed by atoms with Crippen LogP contribution in [0.2, 0.25) is 0 Å². The number of halogens is 1. The average molecular weight is 293 g/mol. The first-order valence-electron chi connectivity index (χ1n) is 3.93. The number of ether oxygens (including phenoxy) is 2. The smallest absolute Gasteiger partial charge is 0.316 e. The number of methoxy groups -OCH3 is 2. The van der Waals surface area contributed by atoms with E-state index >= 15 is 0 Å². The Morgan fingerprint density at radius 2 is 2.33 bits per heavy atom. The molecule has 0 saturated heterocycles. The van der Waals surface area contributed by atoms with Crippen molar-refractivity contribution >= 4 is 33.7 Å². The van der Waals surface area contributed by atoms with Gasteiger partial charge in [0.25, 0.3) is 0 Å². The molecule has 0 aromatic carbocycles. The maximum absolute atomic E-state index is 10.9. The maximum Gasteiger partial charge on any atom is 0.316 e. The van der Waals surface area contributed by atoms with E-state index in [9.17, 15) is 4.79 Å². The van der Waals surface area contributed by atoms with Crippen LogP contribution < -0.4 is 4.74 Å². The number of esters is 1. The number of thioether (sulfide) groups is 1. The van der Waals surface area contributed by atoms with Crippen LogP contribution in [-0.2, 0) is 9.53 Å². The SMILES string of the molecule is COC(=O)CSc1ncc(Br)c(OC)n1. The lowest BCUT2D eigenvalue weighted by atomic mass is 10.6. The van der Waals surface area contributed by atoms with Gasteiger partial charge in [-0.2, -0.15) is 4.98 Å². The molecule has 0 amide bonds. The van der Waals surface area contributed by atoms with E-state index in [1.54, 1.807) is 6.20 Å². The highest BCUT2D eigenvalue weighted by atomic mass is 79.9. The number of hydrogen-bond donors (Lipinski definition) is 0. The second-order valence-electron chi connectivity index (χ2n) is 2.37. The summed E-state index contributed by atoms with van der Waals surface area (Å²) in [5.74, 6) is 0.309. The van der Waals surface area contributed by atoms with E-state index in [1.165, 1.54) is 26.0 Å². The third-order valence-electron chi connectivity index (χ3n) is 1.43. The van der Waals surface area contributed by atoms with Gasteiger partial charge >= 0.3 is 5.97 Å². The third-order valence-corrected chi connectivity index (χ3v) is 2.81. The van der Waals surface area contributed by atoms with Gasteiger partial charge in [0, 0.05) is 6.20 Å². The van der Waals surface area contributed by atoms with Crippen LogP contribution in [0.5, 0.6) is 5.88 Å². The highest BCUT2D eigenvalue weighted by molar-refractivity contribution is 9.10. The Morgan fingerprint density at radius 1 is 1.60 bits per heavy atom. The molecule has 0 aliphatic rings. The first-order valence-corrected chi connectivity index (χ1v) is 5.71. The minimum atomic E-state index is -0.314. The Morgan fingerprint density at radius 3 is 2.93 bits per heavy atom. The van der Waals surface area contributed by atoms with Crippen molar-refractivity contribution in [2.45, 2.75) is 5.16 Å². The average Bonchev–Trinajstić information content (AvgIpc) is 2.27. The summed E-state index contributed by atoms with van der Waals surface area (Å²) >= 11 is 4.43. The standard InChI is InChI=1S/C8H9BrN2O3S/c1-13-6(12)4-15-8-10-3-5(9)7(11-8)14-2/h3H,4H2,1-2H3. The van der Waals surface area contributed by atoms with Gasteiger partial charge < -0.3 is 9.47 Å². The Hall–Kier alpha value is -0.820. The van der Waals surface area contributed by atoms with Gasteiger partial charge in [0.2, 0.25) is 5.88 Å². The summed E-state index contributed by atoms with van der Waals surface area (Å²) in [6.45, 7) is 0. The Balaban J connectivity index is 2.66. The van der Waals surface area contributed by atoms with Crippen LogP contribution in [0.15, 0.2) is 15.8 Å². The van der Waals surface area contributed by atoms with Gasteiger partial charge in [-0.05, 0) is 15.9 Å². The molecule has 15 heavy (non-hydrogen) atoms. The second-order valence-corrected chi connectivity index (χ2v) is 4.17. The number of nitrogens with zero attached hydrogens (tertiary/aromatic N) is 2. The van der Waals surface area contributed by atoms with Crippen molar-refractivity contribution in [3.63, 3.8) is 0 Å². The van der Waals surface area contributed by atoms with Gasteiger partial charge in [-0.1, -0.05) is 11.8 Å². The fourth-order valence-electron chi connectivity index (χ4n) is 0.731. The molecule has 7 heteroatoms. The van der Waals surface area contributed by atoms with E-state index in [-0.39, 0.29) is 11.7 Å². The molecular formula is C8H9BrN2O3S. The largest absolute Gasteiger partial charge is 0.480 e. The third kappa shape index (κ3) is 3.67. The van der Waals surface area contributed by atoms with Gasteiger partial charge in [-0.3, -0.25) is 4.79 Å². The van der Waals surface area contributed by atoms with Crippen LogP contribution in [0, 0.1) is 0 Å². The van der Waals surface area contributed by atoms with E-state index in [4.69, 9.17) is 4.74 Å². The van der Waals surface area contributed by atoms with Crippen molar-refractivity contribution in [1.82, 2.24) is 9.97 Å². The highest BCUT2D eigenvalue weighted by Crippen LogP contribution is 2.23. The zero-order chi connectivity index (χ0) is 11.3. The molecule has 0 atom stereocenters. The van der Waals surface area contributed by atoms with Crippen LogP contribution in [0.25, 0.3) is 0 Å². The van der Waals surface area contributed by atoms with Gasteiger partial charge in [0.05, 0.1) is 24.4 Å². The molecule has 0 aliphatic heterocycles. The summed E-state index contributed by atoms with van der Waals surface area (Å²) in [5.41, 5.74) is 0. The quantitative estimate of drug-likeness (QED) is 0.476. The van der Waals surface area contributed by atoms with Crippen LogP contribution in [-0.4, -0.2) is 35.9 Å². The number of carbonyl (C=O) groups is 1. The normalized spacial score (nSPS) is 9.80. The highest BCUT2D eigenvalue weighted by Gasteiger charge is 2.08. The van der Waals surface area contributed by atoms with E-state index in [0.717, 1.165) is 0 Å².